The third-order valence-electron chi connectivity index (χ3n) is 7.35. The molecule has 8 heteroatoms. The summed E-state index contributed by atoms with van der Waals surface area (Å²) < 4.78 is 22.8. The van der Waals surface area contributed by atoms with Crippen molar-refractivity contribution in [2.75, 3.05) is 41.5 Å². The zero-order valence-corrected chi connectivity index (χ0v) is 26.2. The first-order valence-corrected chi connectivity index (χ1v) is 14.6. The topological polar surface area (TPSA) is 83.3 Å². The number of benzene rings is 4. The number of nitro groups is 1. The normalized spacial score (nSPS) is 12.3. The van der Waals surface area contributed by atoms with Gasteiger partial charge in [-0.2, -0.15) is 0 Å². The molecule has 230 valence electrons. The van der Waals surface area contributed by atoms with Gasteiger partial charge >= 0.3 is 0 Å². The van der Waals surface area contributed by atoms with Crippen molar-refractivity contribution >= 4 is 16.8 Å². The van der Waals surface area contributed by atoms with Crippen molar-refractivity contribution in [3.05, 3.63) is 123 Å². The Balaban J connectivity index is 1.67. The Bertz CT molecular complexity index is 1570. The van der Waals surface area contributed by atoms with Crippen LogP contribution in [0.4, 0.5) is 5.69 Å². The van der Waals surface area contributed by atoms with Gasteiger partial charge in [0.25, 0.3) is 5.69 Å². The van der Waals surface area contributed by atoms with Crippen LogP contribution in [-0.4, -0.2) is 51.3 Å². The summed E-state index contributed by atoms with van der Waals surface area (Å²) >= 11 is 0. The van der Waals surface area contributed by atoms with E-state index in [1.807, 2.05) is 56.6 Å². The maximum Gasteiger partial charge on any atom is 0.280 e. The molecule has 1 atom stereocenters. The second-order valence-electron chi connectivity index (χ2n) is 10.6. The smallest absolute Gasteiger partial charge is 0.280 e. The molecule has 4 aromatic carbocycles. The molecule has 0 aliphatic heterocycles. The highest BCUT2D eigenvalue weighted by atomic mass is 16.6. The molecule has 44 heavy (non-hydrogen) atoms. The molecule has 8 nitrogen and oxygen atoms in total. The van der Waals surface area contributed by atoms with Gasteiger partial charge < -0.3 is 23.8 Å². The van der Waals surface area contributed by atoms with Crippen LogP contribution in [0.2, 0.25) is 0 Å². The fraction of sp³-hybridized carbons (Fsp3) is 0.278. The van der Waals surface area contributed by atoms with Crippen LogP contribution < -0.4 is 18.9 Å². The number of rotatable bonds is 14. The number of allylic oxidation sites excluding steroid dienone is 1. The zero-order valence-electron chi connectivity index (χ0n) is 26.2. The monoisotopic (exact) mass is 596 g/mol. The highest BCUT2D eigenvalue weighted by molar-refractivity contribution is 5.98. The summed E-state index contributed by atoms with van der Waals surface area (Å²) in [6.07, 6.45) is 0.213. The quantitative estimate of drug-likeness (QED) is 0.0827. The van der Waals surface area contributed by atoms with Gasteiger partial charge in [0, 0.05) is 6.54 Å². The molecule has 0 saturated carbocycles. The number of methoxy groups -OCH3 is 2. The number of nitro benzene ring substituents is 1. The molecule has 0 saturated heterocycles. The standard InChI is InChI=1S/C36H40N2O6/c1-7-31(26-11-9-8-10-12-26)36(27-13-17-29(18-14-27)43-22-21-37(3)4)28-15-19-30(20-16-28)44-25(2)32-23-34(41-5)35(42-6)24-33(32)38(39)40/h8-20,23-25H,7,21-22H2,1-6H3/b36-31+. The number of ether oxygens (including phenoxy) is 4. The van der Waals surface area contributed by atoms with E-state index in [-0.39, 0.29) is 11.4 Å². The summed E-state index contributed by atoms with van der Waals surface area (Å²) in [6, 6.07) is 29.4. The Morgan fingerprint density at radius 1 is 0.818 bits per heavy atom. The van der Waals surface area contributed by atoms with E-state index in [1.54, 1.807) is 13.0 Å². The van der Waals surface area contributed by atoms with Crippen LogP contribution >= 0.6 is 0 Å². The molecular weight excluding hydrogens is 556 g/mol. The van der Waals surface area contributed by atoms with E-state index in [0.717, 1.165) is 41.0 Å². The second-order valence-corrected chi connectivity index (χ2v) is 10.6. The average Bonchev–Trinajstić information content (AvgIpc) is 3.04. The Morgan fingerprint density at radius 3 is 1.91 bits per heavy atom. The Kier molecular flexibility index (Phi) is 11.0. The number of nitrogens with zero attached hydrogens (tertiary/aromatic N) is 2. The predicted molar refractivity (Wildman–Crippen MR) is 175 cm³/mol. The molecular formula is C36H40N2O6. The first kappa shape index (κ1) is 32.1. The maximum atomic E-state index is 11.8. The summed E-state index contributed by atoms with van der Waals surface area (Å²) in [5.74, 6) is 2.11. The van der Waals surface area contributed by atoms with Crippen molar-refractivity contribution in [3.63, 3.8) is 0 Å². The molecule has 0 fully saturated rings. The molecule has 0 N–H and O–H groups in total. The molecule has 0 amide bonds. The van der Waals surface area contributed by atoms with Gasteiger partial charge in [0.05, 0.1) is 30.8 Å². The van der Waals surface area contributed by atoms with Crippen LogP contribution in [0.15, 0.2) is 91.0 Å². The fourth-order valence-corrected chi connectivity index (χ4v) is 5.08. The number of hydrogen-bond donors (Lipinski definition) is 0. The lowest BCUT2D eigenvalue weighted by atomic mass is 9.88. The first-order valence-electron chi connectivity index (χ1n) is 14.6. The molecule has 0 spiro atoms. The van der Waals surface area contributed by atoms with Crippen LogP contribution in [0.25, 0.3) is 11.1 Å². The van der Waals surface area contributed by atoms with Gasteiger partial charge in [0.1, 0.15) is 24.2 Å². The minimum atomic E-state index is -0.619. The zero-order chi connectivity index (χ0) is 31.6. The Hall–Kier alpha value is -4.82. The van der Waals surface area contributed by atoms with Gasteiger partial charge in [-0.1, -0.05) is 61.5 Å². The van der Waals surface area contributed by atoms with E-state index >= 15 is 0 Å². The molecule has 0 heterocycles. The van der Waals surface area contributed by atoms with E-state index in [0.29, 0.717) is 23.7 Å². The second kappa shape index (κ2) is 15.1. The van der Waals surface area contributed by atoms with Gasteiger partial charge in [0.2, 0.25) is 0 Å². The molecule has 4 rings (SSSR count). The van der Waals surface area contributed by atoms with E-state index in [4.69, 9.17) is 18.9 Å². The fourth-order valence-electron chi connectivity index (χ4n) is 5.08. The van der Waals surface area contributed by atoms with E-state index in [2.05, 4.69) is 48.2 Å². The Morgan fingerprint density at radius 2 is 1.39 bits per heavy atom. The van der Waals surface area contributed by atoms with Gasteiger partial charge in [-0.3, -0.25) is 10.1 Å². The number of hydrogen-bond acceptors (Lipinski definition) is 7. The third-order valence-corrected chi connectivity index (χ3v) is 7.35. The van der Waals surface area contributed by atoms with E-state index in [1.165, 1.54) is 25.9 Å². The van der Waals surface area contributed by atoms with Crippen molar-refractivity contribution < 1.29 is 23.9 Å². The molecule has 0 radical (unpaired) electrons. The van der Waals surface area contributed by atoms with Crippen LogP contribution in [0.3, 0.4) is 0 Å². The molecule has 4 aromatic rings. The summed E-state index contributed by atoms with van der Waals surface area (Å²) in [6.45, 7) is 5.40. The van der Waals surface area contributed by atoms with Crippen molar-refractivity contribution in [2.45, 2.75) is 26.4 Å². The van der Waals surface area contributed by atoms with Gasteiger partial charge in [-0.05, 0) is 85.6 Å². The minimum Gasteiger partial charge on any atom is -0.493 e. The SMILES string of the molecule is CC/C(=C(/c1ccc(OCCN(C)C)cc1)c1ccc(OC(C)c2cc(OC)c(OC)cc2[N+](=O)[O-])cc1)c1ccccc1. The van der Waals surface area contributed by atoms with Crippen LogP contribution in [-0.2, 0) is 0 Å². The Labute approximate surface area is 259 Å². The highest BCUT2D eigenvalue weighted by Gasteiger charge is 2.25. The number of likely N-dealkylation sites (N-methyl/N-ethyl adjacent to an activating group) is 1. The van der Waals surface area contributed by atoms with Crippen LogP contribution in [0.1, 0.15) is 48.6 Å². The molecule has 1 unspecified atom stereocenters. The largest absolute Gasteiger partial charge is 0.493 e. The lowest BCUT2D eigenvalue weighted by molar-refractivity contribution is -0.386. The average molecular weight is 597 g/mol. The summed E-state index contributed by atoms with van der Waals surface area (Å²) in [7, 11) is 6.99. The first-order chi connectivity index (χ1) is 21.2. The maximum absolute atomic E-state index is 11.8. The summed E-state index contributed by atoms with van der Waals surface area (Å²) in [4.78, 5) is 13.5. The third kappa shape index (κ3) is 7.76. The highest BCUT2D eigenvalue weighted by Crippen LogP contribution is 2.39. The van der Waals surface area contributed by atoms with Crippen molar-refractivity contribution in [3.8, 4) is 23.0 Å². The molecule has 0 aromatic heterocycles. The van der Waals surface area contributed by atoms with Gasteiger partial charge in [-0.25, -0.2) is 0 Å². The lowest BCUT2D eigenvalue weighted by Crippen LogP contribution is -2.19. The summed E-state index contributed by atoms with van der Waals surface area (Å²) in [5.41, 5.74) is 5.90. The summed E-state index contributed by atoms with van der Waals surface area (Å²) in [5, 5.41) is 11.8. The van der Waals surface area contributed by atoms with Gasteiger partial charge in [0.15, 0.2) is 11.5 Å². The van der Waals surface area contributed by atoms with Crippen molar-refractivity contribution in [1.29, 1.82) is 0 Å². The predicted octanol–water partition coefficient (Wildman–Crippen LogP) is 8.06. The molecule has 0 aliphatic rings. The van der Waals surface area contributed by atoms with Crippen molar-refractivity contribution in [1.82, 2.24) is 4.90 Å². The van der Waals surface area contributed by atoms with Gasteiger partial charge in [-0.15, -0.1) is 0 Å². The lowest BCUT2D eigenvalue weighted by Gasteiger charge is -2.19. The van der Waals surface area contributed by atoms with Crippen molar-refractivity contribution in [2.24, 2.45) is 0 Å². The molecule has 0 bridgehead atoms. The minimum absolute atomic E-state index is 0.0958. The van der Waals surface area contributed by atoms with Crippen LogP contribution in [0, 0.1) is 10.1 Å². The van der Waals surface area contributed by atoms with E-state index in [9.17, 15) is 10.1 Å². The molecule has 0 aliphatic carbocycles. The van der Waals surface area contributed by atoms with Crippen LogP contribution in [0.5, 0.6) is 23.0 Å². The van der Waals surface area contributed by atoms with E-state index < -0.39 is 11.0 Å².